The Balaban J connectivity index is 2.15. The van der Waals surface area contributed by atoms with Crippen LogP contribution in [0.2, 0.25) is 0 Å². The van der Waals surface area contributed by atoms with Crippen molar-refractivity contribution in [2.75, 3.05) is 0 Å². The maximum Gasteiger partial charge on any atom is 0.127 e. The van der Waals surface area contributed by atoms with Crippen molar-refractivity contribution in [1.29, 1.82) is 5.26 Å². The van der Waals surface area contributed by atoms with Gasteiger partial charge in [0.15, 0.2) is 0 Å². The van der Waals surface area contributed by atoms with Gasteiger partial charge in [-0.3, -0.25) is 0 Å². The quantitative estimate of drug-likeness (QED) is 0.784. The van der Waals surface area contributed by atoms with Gasteiger partial charge in [0.05, 0.1) is 6.07 Å². The van der Waals surface area contributed by atoms with Crippen molar-refractivity contribution in [3.8, 4) is 17.6 Å². The van der Waals surface area contributed by atoms with E-state index in [9.17, 15) is 0 Å². The van der Waals surface area contributed by atoms with E-state index in [1.54, 1.807) is 0 Å². The molecule has 90 valence electrons. The largest absolute Gasteiger partial charge is 0.457 e. The van der Waals surface area contributed by atoms with Crippen molar-refractivity contribution in [3.05, 3.63) is 60.2 Å². The SMILES string of the molecule is CC(CC#N)c1cccc(Oc2ccccc2)c1. The van der Waals surface area contributed by atoms with Crippen LogP contribution in [0.3, 0.4) is 0 Å². The Labute approximate surface area is 107 Å². The summed E-state index contributed by atoms with van der Waals surface area (Å²) < 4.78 is 5.76. The maximum atomic E-state index is 8.72. The van der Waals surface area contributed by atoms with Crippen LogP contribution in [-0.2, 0) is 0 Å². The smallest absolute Gasteiger partial charge is 0.127 e. The molecule has 18 heavy (non-hydrogen) atoms. The first-order chi connectivity index (χ1) is 8.79. The molecular weight excluding hydrogens is 222 g/mol. The van der Waals surface area contributed by atoms with E-state index < -0.39 is 0 Å². The fraction of sp³-hybridized carbons (Fsp3) is 0.188. The summed E-state index contributed by atoms with van der Waals surface area (Å²) in [7, 11) is 0. The second-order valence-corrected chi connectivity index (χ2v) is 4.25. The summed E-state index contributed by atoms with van der Waals surface area (Å²) in [6, 6.07) is 19.8. The molecule has 0 fully saturated rings. The number of nitriles is 1. The molecule has 0 N–H and O–H groups in total. The van der Waals surface area contributed by atoms with Gasteiger partial charge in [0.2, 0.25) is 0 Å². The van der Waals surface area contributed by atoms with Crippen LogP contribution in [-0.4, -0.2) is 0 Å². The topological polar surface area (TPSA) is 33.0 Å². The van der Waals surface area contributed by atoms with E-state index in [-0.39, 0.29) is 5.92 Å². The number of benzene rings is 2. The van der Waals surface area contributed by atoms with E-state index in [2.05, 4.69) is 6.07 Å². The Bertz CT molecular complexity index is 543. The van der Waals surface area contributed by atoms with Crippen LogP contribution < -0.4 is 4.74 Å². The fourth-order valence-corrected chi connectivity index (χ4v) is 1.76. The molecule has 0 aliphatic carbocycles. The molecular formula is C16H15NO. The third-order valence-electron chi connectivity index (χ3n) is 2.80. The molecule has 0 radical (unpaired) electrons. The number of rotatable bonds is 4. The van der Waals surface area contributed by atoms with E-state index >= 15 is 0 Å². The molecule has 0 saturated heterocycles. The van der Waals surface area contributed by atoms with Crippen molar-refractivity contribution >= 4 is 0 Å². The Morgan fingerprint density at radius 1 is 1.06 bits per heavy atom. The summed E-state index contributed by atoms with van der Waals surface area (Å²) in [5.41, 5.74) is 1.13. The first-order valence-electron chi connectivity index (χ1n) is 5.99. The summed E-state index contributed by atoms with van der Waals surface area (Å²) >= 11 is 0. The molecule has 0 saturated carbocycles. The van der Waals surface area contributed by atoms with Crippen molar-refractivity contribution < 1.29 is 4.74 Å². The van der Waals surface area contributed by atoms with Crippen molar-refractivity contribution in [2.24, 2.45) is 0 Å². The molecule has 1 atom stereocenters. The lowest BCUT2D eigenvalue weighted by Gasteiger charge is -2.10. The third-order valence-corrected chi connectivity index (χ3v) is 2.80. The number of hydrogen-bond donors (Lipinski definition) is 0. The minimum Gasteiger partial charge on any atom is -0.457 e. The summed E-state index contributed by atoms with van der Waals surface area (Å²) in [5, 5.41) is 8.72. The molecule has 2 aromatic rings. The van der Waals surface area contributed by atoms with Crippen molar-refractivity contribution in [1.82, 2.24) is 0 Å². The molecule has 0 aliphatic rings. The third kappa shape index (κ3) is 3.11. The van der Waals surface area contributed by atoms with Gasteiger partial charge < -0.3 is 4.74 Å². The van der Waals surface area contributed by atoms with Gasteiger partial charge in [-0.25, -0.2) is 0 Å². The van der Waals surface area contributed by atoms with Crippen LogP contribution in [0, 0.1) is 11.3 Å². The molecule has 2 nitrogen and oxygen atoms in total. The van der Waals surface area contributed by atoms with Crippen LogP contribution >= 0.6 is 0 Å². The Kier molecular flexibility index (Phi) is 3.98. The van der Waals surface area contributed by atoms with Gasteiger partial charge in [-0.1, -0.05) is 37.3 Å². The average molecular weight is 237 g/mol. The summed E-state index contributed by atoms with van der Waals surface area (Å²) in [6.45, 7) is 2.05. The predicted octanol–water partition coefficient (Wildman–Crippen LogP) is 4.50. The molecule has 0 bridgehead atoms. The lowest BCUT2D eigenvalue weighted by molar-refractivity contribution is 0.481. The van der Waals surface area contributed by atoms with E-state index in [0.29, 0.717) is 6.42 Å². The lowest BCUT2D eigenvalue weighted by atomic mass is 9.98. The summed E-state index contributed by atoms with van der Waals surface area (Å²) in [4.78, 5) is 0. The molecule has 2 aromatic carbocycles. The minimum absolute atomic E-state index is 0.231. The first kappa shape index (κ1) is 12.2. The van der Waals surface area contributed by atoms with Crippen molar-refractivity contribution in [3.63, 3.8) is 0 Å². The number of para-hydroxylation sites is 1. The zero-order chi connectivity index (χ0) is 12.8. The van der Waals surface area contributed by atoms with Crippen LogP contribution in [0.25, 0.3) is 0 Å². The predicted molar refractivity (Wildman–Crippen MR) is 71.6 cm³/mol. The van der Waals surface area contributed by atoms with Gasteiger partial charge in [-0.2, -0.15) is 5.26 Å². The van der Waals surface area contributed by atoms with Gasteiger partial charge in [0.1, 0.15) is 11.5 Å². The monoisotopic (exact) mass is 237 g/mol. The lowest BCUT2D eigenvalue weighted by Crippen LogP contribution is -1.92. The molecule has 1 unspecified atom stereocenters. The number of ether oxygens (including phenoxy) is 1. The van der Waals surface area contributed by atoms with Crippen molar-refractivity contribution in [2.45, 2.75) is 19.3 Å². The van der Waals surface area contributed by atoms with Gasteiger partial charge in [-0.05, 0) is 35.7 Å². The highest BCUT2D eigenvalue weighted by atomic mass is 16.5. The van der Waals surface area contributed by atoms with Gasteiger partial charge in [0, 0.05) is 6.42 Å². The van der Waals surface area contributed by atoms with E-state index in [1.807, 2.05) is 61.5 Å². The molecule has 0 amide bonds. The van der Waals surface area contributed by atoms with E-state index in [1.165, 1.54) is 0 Å². The molecule has 0 aliphatic heterocycles. The zero-order valence-electron chi connectivity index (χ0n) is 10.3. The molecule has 0 heterocycles. The van der Waals surface area contributed by atoms with E-state index in [0.717, 1.165) is 17.1 Å². The molecule has 0 aromatic heterocycles. The highest BCUT2D eigenvalue weighted by Gasteiger charge is 2.06. The standard InChI is InChI=1S/C16H15NO/c1-13(10-11-17)14-6-5-9-16(12-14)18-15-7-3-2-4-8-15/h2-9,12-13H,10H2,1H3. The maximum absolute atomic E-state index is 8.72. The van der Waals surface area contributed by atoms with Crippen LogP contribution in [0.1, 0.15) is 24.8 Å². The molecule has 0 spiro atoms. The van der Waals surface area contributed by atoms with Gasteiger partial charge in [-0.15, -0.1) is 0 Å². The normalized spacial score (nSPS) is 11.6. The second-order valence-electron chi connectivity index (χ2n) is 4.25. The van der Waals surface area contributed by atoms with Crippen LogP contribution in [0.4, 0.5) is 0 Å². The Hall–Kier alpha value is -2.27. The average Bonchev–Trinajstić information content (AvgIpc) is 2.40. The highest BCUT2D eigenvalue weighted by molar-refractivity contribution is 5.35. The summed E-state index contributed by atoms with van der Waals surface area (Å²) in [6.07, 6.45) is 0.523. The van der Waals surface area contributed by atoms with Crippen LogP contribution in [0.5, 0.6) is 11.5 Å². The second kappa shape index (κ2) is 5.88. The number of hydrogen-bond acceptors (Lipinski definition) is 2. The first-order valence-corrected chi connectivity index (χ1v) is 5.99. The molecule has 2 heteroatoms. The highest BCUT2D eigenvalue weighted by Crippen LogP contribution is 2.26. The van der Waals surface area contributed by atoms with E-state index in [4.69, 9.17) is 10.00 Å². The Morgan fingerprint density at radius 2 is 1.78 bits per heavy atom. The zero-order valence-corrected chi connectivity index (χ0v) is 10.3. The number of nitrogens with zero attached hydrogens (tertiary/aromatic N) is 1. The molecule has 2 rings (SSSR count). The van der Waals surface area contributed by atoms with Crippen LogP contribution in [0.15, 0.2) is 54.6 Å². The van der Waals surface area contributed by atoms with Gasteiger partial charge >= 0.3 is 0 Å². The fourth-order valence-electron chi connectivity index (χ4n) is 1.76. The minimum atomic E-state index is 0.231. The summed E-state index contributed by atoms with van der Waals surface area (Å²) in [5.74, 6) is 1.86. The van der Waals surface area contributed by atoms with Gasteiger partial charge in [0.25, 0.3) is 0 Å². The Morgan fingerprint density at radius 3 is 2.50 bits per heavy atom.